The van der Waals surface area contributed by atoms with Gasteiger partial charge in [0, 0.05) is 0 Å². The SMILES string of the molecule is CCC.CCC.Cc1ccc(-c2ccc(C#N)cc2C)cc1. The summed E-state index contributed by atoms with van der Waals surface area (Å²) in [5, 5.41) is 8.81. The van der Waals surface area contributed by atoms with Crippen LogP contribution >= 0.6 is 0 Å². The molecular weight excluding hydrogens is 266 g/mol. The highest BCUT2D eigenvalue weighted by atomic mass is 14.2. The van der Waals surface area contributed by atoms with E-state index in [0.717, 1.165) is 5.56 Å². The lowest BCUT2D eigenvalue weighted by molar-refractivity contribution is 1.09. The van der Waals surface area contributed by atoms with Crippen LogP contribution in [0.5, 0.6) is 0 Å². The molecule has 0 fully saturated rings. The molecule has 0 radical (unpaired) electrons. The fourth-order valence-corrected chi connectivity index (χ4v) is 1.79. The molecule has 0 N–H and O–H groups in total. The summed E-state index contributed by atoms with van der Waals surface area (Å²) in [6.07, 6.45) is 2.50. The van der Waals surface area contributed by atoms with Gasteiger partial charge in [0.15, 0.2) is 0 Å². The molecule has 2 aromatic carbocycles. The molecule has 22 heavy (non-hydrogen) atoms. The van der Waals surface area contributed by atoms with Gasteiger partial charge in [-0.05, 0) is 42.7 Å². The number of hydrogen-bond donors (Lipinski definition) is 0. The quantitative estimate of drug-likeness (QED) is 0.576. The molecule has 0 atom stereocenters. The van der Waals surface area contributed by atoms with Crippen LogP contribution in [0, 0.1) is 25.2 Å². The molecule has 0 aliphatic rings. The van der Waals surface area contributed by atoms with Crippen LogP contribution in [0.25, 0.3) is 11.1 Å². The Morgan fingerprint density at radius 3 is 1.73 bits per heavy atom. The van der Waals surface area contributed by atoms with E-state index in [-0.39, 0.29) is 0 Å². The highest BCUT2D eigenvalue weighted by molar-refractivity contribution is 5.68. The summed E-state index contributed by atoms with van der Waals surface area (Å²) >= 11 is 0. The fourth-order valence-electron chi connectivity index (χ4n) is 1.79. The van der Waals surface area contributed by atoms with Crippen molar-refractivity contribution in [3.8, 4) is 17.2 Å². The molecule has 0 aliphatic heterocycles. The molecule has 0 bridgehead atoms. The van der Waals surface area contributed by atoms with Gasteiger partial charge in [0.25, 0.3) is 0 Å². The van der Waals surface area contributed by atoms with E-state index in [0.29, 0.717) is 5.56 Å². The Balaban J connectivity index is 0.000000639. The topological polar surface area (TPSA) is 23.8 Å². The van der Waals surface area contributed by atoms with Gasteiger partial charge in [-0.3, -0.25) is 0 Å². The van der Waals surface area contributed by atoms with Gasteiger partial charge in [0.05, 0.1) is 11.6 Å². The van der Waals surface area contributed by atoms with Crippen LogP contribution in [0.2, 0.25) is 0 Å². The summed E-state index contributed by atoms with van der Waals surface area (Å²) < 4.78 is 0. The number of nitrogens with zero attached hydrogens (tertiary/aromatic N) is 1. The van der Waals surface area contributed by atoms with Crippen molar-refractivity contribution in [1.82, 2.24) is 0 Å². The van der Waals surface area contributed by atoms with E-state index in [2.05, 4.69) is 65.0 Å². The molecule has 0 aliphatic carbocycles. The highest BCUT2D eigenvalue weighted by Crippen LogP contribution is 2.24. The third-order valence-electron chi connectivity index (χ3n) is 2.72. The first-order chi connectivity index (χ1) is 10.5. The molecule has 1 heteroatoms. The van der Waals surface area contributed by atoms with E-state index in [1.807, 2.05) is 25.1 Å². The minimum atomic E-state index is 0.716. The minimum absolute atomic E-state index is 0.716. The van der Waals surface area contributed by atoms with E-state index in [1.54, 1.807) is 0 Å². The second-order valence-electron chi connectivity index (χ2n) is 5.42. The molecule has 2 aromatic rings. The molecule has 0 unspecified atom stereocenters. The Morgan fingerprint density at radius 1 is 0.818 bits per heavy atom. The summed E-state index contributed by atoms with van der Waals surface area (Å²) in [5.74, 6) is 0. The Kier molecular flexibility index (Phi) is 10.5. The van der Waals surface area contributed by atoms with Gasteiger partial charge >= 0.3 is 0 Å². The predicted molar refractivity (Wildman–Crippen MR) is 98.0 cm³/mol. The van der Waals surface area contributed by atoms with Crippen molar-refractivity contribution in [2.24, 2.45) is 0 Å². The standard InChI is InChI=1S/C15H13N.2C3H8/c1-11-3-6-14(7-4-11)15-8-5-13(10-16)9-12(15)2;2*1-3-2/h3-9H,1-2H3;2*3H2,1-2H3. The average molecular weight is 295 g/mol. The van der Waals surface area contributed by atoms with Crippen LogP contribution in [0.15, 0.2) is 42.5 Å². The summed E-state index contributed by atoms with van der Waals surface area (Å²) in [6, 6.07) is 16.4. The van der Waals surface area contributed by atoms with Gasteiger partial charge in [-0.25, -0.2) is 0 Å². The summed E-state index contributed by atoms with van der Waals surface area (Å²) in [4.78, 5) is 0. The van der Waals surface area contributed by atoms with Crippen molar-refractivity contribution in [3.63, 3.8) is 0 Å². The maximum absolute atomic E-state index is 8.81. The summed E-state index contributed by atoms with van der Waals surface area (Å²) in [7, 11) is 0. The van der Waals surface area contributed by atoms with Gasteiger partial charge in [-0.15, -0.1) is 0 Å². The monoisotopic (exact) mass is 295 g/mol. The van der Waals surface area contributed by atoms with Crippen LogP contribution < -0.4 is 0 Å². The Labute approximate surface area is 136 Å². The Morgan fingerprint density at radius 2 is 1.32 bits per heavy atom. The second-order valence-corrected chi connectivity index (χ2v) is 5.42. The normalized spacial score (nSPS) is 8.77. The van der Waals surface area contributed by atoms with E-state index in [4.69, 9.17) is 5.26 Å². The molecule has 0 spiro atoms. The van der Waals surface area contributed by atoms with Gasteiger partial charge in [-0.2, -0.15) is 5.26 Å². The van der Waals surface area contributed by atoms with Crippen molar-refractivity contribution in [3.05, 3.63) is 59.2 Å². The average Bonchev–Trinajstić information content (AvgIpc) is 2.50. The molecule has 0 saturated heterocycles. The molecule has 0 aromatic heterocycles. The molecule has 118 valence electrons. The maximum Gasteiger partial charge on any atom is 0.0991 e. The fraction of sp³-hybridized carbons (Fsp3) is 0.381. The number of rotatable bonds is 1. The van der Waals surface area contributed by atoms with Crippen LogP contribution in [-0.4, -0.2) is 0 Å². The third kappa shape index (κ3) is 7.09. The van der Waals surface area contributed by atoms with E-state index in [1.165, 1.54) is 29.5 Å². The summed E-state index contributed by atoms with van der Waals surface area (Å²) in [6.45, 7) is 12.6. The number of benzene rings is 2. The van der Waals surface area contributed by atoms with Crippen LogP contribution in [-0.2, 0) is 0 Å². The molecule has 2 rings (SSSR count). The first-order valence-electron chi connectivity index (χ1n) is 8.11. The zero-order valence-corrected chi connectivity index (χ0v) is 14.9. The van der Waals surface area contributed by atoms with Gasteiger partial charge in [0.1, 0.15) is 0 Å². The molecular formula is C21H29N. The van der Waals surface area contributed by atoms with Gasteiger partial charge in [0.2, 0.25) is 0 Å². The third-order valence-corrected chi connectivity index (χ3v) is 2.72. The van der Waals surface area contributed by atoms with Crippen molar-refractivity contribution >= 4 is 0 Å². The number of nitriles is 1. The van der Waals surface area contributed by atoms with Crippen molar-refractivity contribution in [2.45, 2.75) is 54.4 Å². The molecule has 0 amide bonds. The first kappa shape index (κ1) is 19.9. The Bertz CT molecular complexity index is 572. The van der Waals surface area contributed by atoms with Crippen LogP contribution in [0.4, 0.5) is 0 Å². The second kappa shape index (κ2) is 11.6. The zero-order chi connectivity index (χ0) is 17.0. The first-order valence-corrected chi connectivity index (χ1v) is 8.11. The lowest BCUT2D eigenvalue weighted by atomic mass is 9.98. The van der Waals surface area contributed by atoms with E-state index < -0.39 is 0 Å². The van der Waals surface area contributed by atoms with Crippen molar-refractivity contribution in [1.29, 1.82) is 5.26 Å². The molecule has 1 nitrogen and oxygen atoms in total. The van der Waals surface area contributed by atoms with Crippen molar-refractivity contribution in [2.75, 3.05) is 0 Å². The number of hydrogen-bond acceptors (Lipinski definition) is 1. The van der Waals surface area contributed by atoms with E-state index in [9.17, 15) is 0 Å². The molecule has 0 saturated carbocycles. The lowest BCUT2D eigenvalue weighted by Crippen LogP contribution is -1.85. The van der Waals surface area contributed by atoms with Crippen LogP contribution in [0.3, 0.4) is 0 Å². The Hall–Kier alpha value is -2.07. The lowest BCUT2D eigenvalue weighted by Gasteiger charge is -2.06. The predicted octanol–water partition coefficient (Wildman–Crippen LogP) is 6.67. The maximum atomic E-state index is 8.81. The number of aryl methyl sites for hydroxylation is 2. The van der Waals surface area contributed by atoms with Gasteiger partial charge < -0.3 is 0 Å². The minimum Gasteiger partial charge on any atom is -0.192 e. The van der Waals surface area contributed by atoms with Gasteiger partial charge in [-0.1, -0.05) is 76.4 Å². The largest absolute Gasteiger partial charge is 0.192 e. The van der Waals surface area contributed by atoms with Crippen molar-refractivity contribution < 1.29 is 0 Å². The van der Waals surface area contributed by atoms with E-state index >= 15 is 0 Å². The highest BCUT2D eigenvalue weighted by Gasteiger charge is 2.02. The smallest absolute Gasteiger partial charge is 0.0991 e. The zero-order valence-electron chi connectivity index (χ0n) is 14.9. The van der Waals surface area contributed by atoms with Crippen LogP contribution in [0.1, 0.15) is 57.2 Å². The molecule has 0 heterocycles. The summed E-state index contributed by atoms with van der Waals surface area (Å²) in [5.41, 5.74) is 5.51.